The number of carbonyl (C=O) groups is 1. The summed E-state index contributed by atoms with van der Waals surface area (Å²) in [6.45, 7) is 3.95. The highest BCUT2D eigenvalue weighted by Gasteiger charge is 2.31. The van der Waals surface area contributed by atoms with Gasteiger partial charge in [-0.05, 0) is 112 Å². The van der Waals surface area contributed by atoms with E-state index in [1.165, 1.54) is 18.2 Å². The van der Waals surface area contributed by atoms with Crippen LogP contribution in [0.15, 0.2) is 30.3 Å². The fraction of sp³-hybridized carbons (Fsp3) is 0.552. The number of ether oxygens (including phenoxy) is 2. The van der Waals surface area contributed by atoms with Crippen LogP contribution in [0.3, 0.4) is 0 Å². The molecule has 0 bridgehead atoms. The van der Waals surface area contributed by atoms with Crippen molar-refractivity contribution in [2.24, 2.45) is 11.8 Å². The molecule has 0 amide bonds. The van der Waals surface area contributed by atoms with E-state index in [2.05, 4.69) is 0 Å². The van der Waals surface area contributed by atoms with Crippen LogP contribution in [0.2, 0.25) is 0 Å². The third-order valence-electron chi connectivity index (χ3n) is 7.97. The van der Waals surface area contributed by atoms with Crippen LogP contribution >= 0.6 is 0 Å². The molecule has 4 nitrogen and oxygen atoms in total. The molecule has 1 unspecified atom stereocenters. The Kier molecular flexibility index (Phi) is 8.60. The number of hydrogen-bond donors (Lipinski definition) is 1. The largest absolute Gasteiger partial charge is 0.491 e. The average molecular weight is 505 g/mol. The fourth-order valence-electron chi connectivity index (χ4n) is 5.75. The quantitative estimate of drug-likeness (QED) is 0.325. The Bertz CT molecular complexity index is 1050. The summed E-state index contributed by atoms with van der Waals surface area (Å²) in [4.78, 5) is 12.7. The summed E-state index contributed by atoms with van der Waals surface area (Å²) >= 11 is 0. The van der Waals surface area contributed by atoms with Crippen LogP contribution in [0.5, 0.6) is 11.5 Å². The molecule has 196 valence electrons. The van der Waals surface area contributed by atoms with Gasteiger partial charge < -0.3 is 14.6 Å². The normalized spacial score (nSPS) is 25.3. The Labute approximate surface area is 210 Å². The molecule has 0 heterocycles. The Morgan fingerprint density at radius 3 is 2.17 bits per heavy atom. The van der Waals surface area contributed by atoms with E-state index >= 15 is 0 Å². The van der Waals surface area contributed by atoms with Crippen molar-refractivity contribution in [3.8, 4) is 11.5 Å². The van der Waals surface area contributed by atoms with Gasteiger partial charge in [-0.15, -0.1) is 0 Å². The molecule has 4 rings (SSSR count). The lowest BCUT2D eigenvalue weighted by Crippen LogP contribution is -2.26. The van der Waals surface area contributed by atoms with Crippen molar-refractivity contribution in [2.75, 3.05) is 6.61 Å². The second-order valence-electron chi connectivity index (χ2n) is 10.2. The molecule has 2 saturated carbocycles. The number of aliphatic hydroxyl groups excluding tert-OH is 1. The molecule has 2 aliphatic carbocycles. The second kappa shape index (κ2) is 11.7. The van der Waals surface area contributed by atoms with E-state index in [-0.39, 0.29) is 29.3 Å². The van der Waals surface area contributed by atoms with Crippen molar-refractivity contribution in [3.05, 3.63) is 58.9 Å². The van der Waals surface area contributed by atoms with Gasteiger partial charge in [0.05, 0.1) is 18.6 Å². The monoisotopic (exact) mass is 504 g/mol. The predicted octanol–water partition coefficient (Wildman–Crippen LogP) is 7.04. The maximum Gasteiger partial charge on any atom is 0.314 e. The lowest BCUT2D eigenvalue weighted by molar-refractivity contribution is -0.140. The van der Waals surface area contributed by atoms with Gasteiger partial charge in [0.25, 0.3) is 0 Å². The molecule has 0 radical (unpaired) electrons. The fourth-order valence-corrected chi connectivity index (χ4v) is 5.75. The Balaban J connectivity index is 1.34. The minimum absolute atomic E-state index is 0.109. The topological polar surface area (TPSA) is 55.8 Å². The molecule has 7 heteroatoms. The number of hydrogen-bond acceptors (Lipinski definition) is 4. The van der Waals surface area contributed by atoms with Gasteiger partial charge in [0.1, 0.15) is 0 Å². The zero-order valence-electron chi connectivity index (χ0n) is 20.9. The Morgan fingerprint density at radius 1 is 0.917 bits per heavy atom. The maximum atomic E-state index is 14.9. The maximum absolute atomic E-state index is 14.9. The highest BCUT2D eigenvalue weighted by Crippen LogP contribution is 2.41. The minimum atomic E-state index is -1.13. The van der Waals surface area contributed by atoms with Crippen molar-refractivity contribution in [3.63, 3.8) is 0 Å². The van der Waals surface area contributed by atoms with E-state index < -0.39 is 35.4 Å². The van der Waals surface area contributed by atoms with E-state index in [4.69, 9.17) is 9.47 Å². The first-order chi connectivity index (χ1) is 17.3. The van der Waals surface area contributed by atoms with Crippen molar-refractivity contribution < 1.29 is 32.5 Å². The first-order valence-electron chi connectivity index (χ1n) is 13.1. The van der Waals surface area contributed by atoms with Gasteiger partial charge in [-0.3, -0.25) is 4.79 Å². The molecular formula is C29H35F3O4. The summed E-state index contributed by atoms with van der Waals surface area (Å²) < 4.78 is 54.5. The van der Waals surface area contributed by atoms with E-state index in [9.17, 15) is 23.1 Å². The lowest BCUT2D eigenvalue weighted by Gasteiger charge is -2.30. The van der Waals surface area contributed by atoms with Gasteiger partial charge in [-0.2, -0.15) is 4.39 Å². The van der Waals surface area contributed by atoms with Crippen LogP contribution in [0.4, 0.5) is 13.2 Å². The van der Waals surface area contributed by atoms with Crippen molar-refractivity contribution in [1.29, 1.82) is 0 Å². The number of esters is 1. The molecule has 0 saturated heterocycles. The first kappa shape index (κ1) is 26.5. The number of halogens is 3. The molecule has 36 heavy (non-hydrogen) atoms. The molecule has 1 N–H and O–H groups in total. The first-order valence-corrected chi connectivity index (χ1v) is 13.1. The molecule has 0 aromatic heterocycles. The van der Waals surface area contributed by atoms with Gasteiger partial charge in [-0.1, -0.05) is 12.1 Å². The Hall–Kier alpha value is -2.54. The number of rotatable bonds is 7. The standard InChI is InChI=1S/C29H35F3O4/c1-3-35-25-14-12-22(16-24(25)30)19-6-10-21(11-7-19)29(34)36-26-15-13-23(27(31)28(26)32)20-8-4-18(5-9-20)17(2)33/h12-21,33H,3-11H2,1-2H3. The van der Waals surface area contributed by atoms with Gasteiger partial charge >= 0.3 is 5.97 Å². The third-order valence-corrected chi connectivity index (χ3v) is 7.97. The molecule has 2 aromatic rings. The zero-order chi connectivity index (χ0) is 25.8. The van der Waals surface area contributed by atoms with Crippen LogP contribution < -0.4 is 9.47 Å². The van der Waals surface area contributed by atoms with E-state index in [1.807, 2.05) is 6.07 Å². The molecular weight excluding hydrogens is 469 g/mol. The van der Waals surface area contributed by atoms with E-state index in [0.29, 0.717) is 50.7 Å². The summed E-state index contributed by atoms with van der Waals surface area (Å²) in [6.07, 6.45) is 4.94. The minimum Gasteiger partial charge on any atom is -0.491 e. The van der Waals surface area contributed by atoms with Crippen LogP contribution in [0.1, 0.15) is 88.2 Å². The molecule has 2 aromatic carbocycles. The third kappa shape index (κ3) is 5.88. The van der Waals surface area contributed by atoms with Gasteiger partial charge in [0.2, 0.25) is 5.82 Å². The predicted molar refractivity (Wildman–Crippen MR) is 131 cm³/mol. The highest BCUT2D eigenvalue weighted by atomic mass is 19.2. The van der Waals surface area contributed by atoms with Crippen LogP contribution in [-0.4, -0.2) is 23.8 Å². The summed E-state index contributed by atoms with van der Waals surface area (Å²) in [5.74, 6) is -3.40. The molecule has 0 aliphatic heterocycles. The van der Waals surface area contributed by atoms with Crippen molar-refractivity contribution in [2.45, 2.75) is 83.2 Å². The number of carbonyl (C=O) groups excluding carboxylic acids is 1. The van der Waals surface area contributed by atoms with Gasteiger partial charge in [0, 0.05) is 0 Å². The number of aliphatic hydroxyl groups is 1. The van der Waals surface area contributed by atoms with Gasteiger partial charge in [-0.25, -0.2) is 8.78 Å². The van der Waals surface area contributed by atoms with Crippen LogP contribution in [-0.2, 0) is 4.79 Å². The van der Waals surface area contributed by atoms with Crippen LogP contribution in [0.25, 0.3) is 0 Å². The lowest BCUT2D eigenvalue weighted by atomic mass is 9.77. The second-order valence-corrected chi connectivity index (χ2v) is 10.2. The van der Waals surface area contributed by atoms with E-state index in [1.54, 1.807) is 19.9 Å². The molecule has 0 spiro atoms. The SMILES string of the molecule is CCOc1ccc(C2CCC(C(=O)Oc3ccc(C4CCC(C(C)O)CC4)c(F)c3F)CC2)cc1F. The van der Waals surface area contributed by atoms with Crippen molar-refractivity contribution in [1.82, 2.24) is 0 Å². The van der Waals surface area contributed by atoms with Gasteiger partial charge in [0.15, 0.2) is 23.1 Å². The summed E-state index contributed by atoms with van der Waals surface area (Å²) in [6, 6.07) is 7.85. The molecule has 2 fully saturated rings. The Morgan fingerprint density at radius 2 is 1.56 bits per heavy atom. The number of benzene rings is 2. The highest BCUT2D eigenvalue weighted by molar-refractivity contribution is 5.75. The average Bonchev–Trinajstić information content (AvgIpc) is 2.88. The summed E-state index contributed by atoms with van der Waals surface area (Å²) in [5, 5.41) is 9.77. The van der Waals surface area contributed by atoms with E-state index in [0.717, 1.165) is 18.4 Å². The zero-order valence-corrected chi connectivity index (χ0v) is 20.9. The molecule has 1 atom stereocenters. The summed E-state index contributed by atoms with van der Waals surface area (Å²) in [7, 11) is 0. The smallest absolute Gasteiger partial charge is 0.314 e. The van der Waals surface area contributed by atoms with Crippen LogP contribution in [0, 0.1) is 29.3 Å². The summed E-state index contributed by atoms with van der Waals surface area (Å²) in [5.41, 5.74) is 1.17. The molecule has 2 aliphatic rings. The van der Waals surface area contributed by atoms with Crippen molar-refractivity contribution >= 4 is 5.97 Å².